The highest BCUT2D eigenvalue weighted by molar-refractivity contribution is 7.00. The zero-order valence-electron chi connectivity index (χ0n) is 40.4. The van der Waals surface area contributed by atoms with Crippen LogP contribution in [0.25, 0.3) is 27.5 Å². The van der Waals surface area contributed by atoms with Crippen LogP contribution in [0.1, 0.15) is 146 Å². The zero-order chi connectivity index (χ0) is 44.4. The van der Waals surface area contributed by atoms with Crippen LogP contribution in [0.2, 0.25) is 0 Å². The zero-order valence-corrected chi connectivity index (χ0v) is 40.4. The molecule has 0 amide bonds. The minimum absolute atomic E-state index is 0.0197. The van der Waals surface area contributed by atoms with Crippen LogP contribution in [-0.4, -0.2) is 16.8 Å². The summed E-state index contributed by atoms with van der Waals surface area (Å²) in [7, 11) is 0. The van der Waals surface area contributed by atoms with Gasteiger partial charge in [0.2, 0.25) is 0 Å². The van der Waals surface area contributed by atoms with Crippen LogP contribution in [0, 0.1) is 13.8 Å². The number of anilines is 4. The lowest BCUT2D eigenvalue weighted by molar-refractivity contribution is 0.194. The third kappa shape index (κ3) is 4.43. The number of hydrogen-bond acceptors (Lipinski definition) is 2. The highest BCUT2D eigenvalue weighted by Crippen LogP contribution is 2.66. The fourth-order valence-electron chi connectivity index (χ4n) is 15.2. The van der Waals surface area contributed by atoms with E-state index in [0.29, 0.717) is 0 Å². The van der Waals surface area contributed by atoms with Crippen LogP contribution in [0.5, 0.6) is 0 Å². The number of benzene rings is 6. The first-order valence-corrected chi connectivity index (χ1v) is 24.6. The van der Waals surface area contributed by atoms with Gasteiger partial charge in [-0.05, 0) is 162 Å². The van der Waals surface area contributed by atoms with Gasteiger partial charge in [-0.1, -0.05) is 129 Å². The standard InChI is InChI=1S/C60H64BN3/c1-35-28-36(2)51-48(29-35)63(59(11)26-16-15-25-58(51,59)10)40-33-49-52-50(34-40)64-54-44(57(9)27-24-37-18-13-14-19-43(37)60(57,64)12)20-17-21-45(54)61(52)46-32-39(56(6,7)8)31-42-41-30-38(55(3,4)5)22-23-47(41)62(49)53(42)46/h13-14,17-23,28-34H,15-16,24-27H2,1-12H3. The minimum Gasteiger partial charge on any atom is -0.334 e. The third-order valence-corrected chi connectivity index (χ3v) is 18.8. The Kier molecular flexibility index (Phi) is 7.32. The molecule has 4 aliphatic heterocycles. The number of nitrogens with zero attached hydrogens (tertiary/aromatic N) is 3. The van der Waals surface area contributed by atoms with Crippen molar-refractivity contribution in [2.24, 2.45) is 0 Å². The summed E-state index contributed by atoms with van der Waals surface area (Å²) in [5.74, 6) is 0. The fourth-order valence-corrected chi connectivity index (χ4v) is 15.2. The van der Waals surface area contributed by atoms with E-state index in [2.05, 4.69) is 195 Å². The molecule has 64 heavy (non-hydrogen) atoms. The summed E-state index contributed by atoms with van der Waals surface area (Å²) in [6.07, 6.45) is 7.16. The molecule has 0 N–H and O–H groups in total. The lowest BCUT2D eigenvalue weighted by Gasteiger charge is -2.53. The van der Waals surface area contributed by atoms with Crippen molar-refractivity contribution in [2.75, 3.05) is 9.80 Å². The normalized spacial score (nSPS) is 25.9. The predicted octanol–water partition coefficient (Wildman–Crippen LogP) is 13.2. The van der Waals surface area contributed by atoms with E-state index in [1.807, 2.05) is 0 Å². The molecule has 4 heteroatoms. The Labute approximate surface area is 382 Å². The molecule has 13 rings (SSSR count). The Balaban J connectivity index is 1.22. The van der Waals surface area contributed by atoms with Crippen molar-refractivity contribution in [1.82, 2.24) is 4.57 Å². The molecular formula is C60H64BN3. The van der Waals surface area contributed by atoms with E-state index in [0.717, 1.165) is 12.8 Å². The number of rotatable bonds is 1. The first-order chi connectivity index (χ1) is 30.3. The van der Waals surface area contributed by atoms with Gasteiger partial charge in [0.25, 0.3) is 6.71 Å². The van der Waals surface area contributed by atoms with Crippen molar-refractivity contribution < 1.29 is 0 Å². The molecule has 4 unspecified atom stereocenters. The Morgan fingerprint density at radius 3 is 2.09 bits per heavy atom. The molecule has 1 aromatic heterocycles. The number of aryl methyl sites for hydroxylation is 3. The second-order valence-corrected chi connectivity index (χ2v) is 24.1. The van der Waals surface area contributed by atoms with Gasteiger partial charge < -0.3 is 14.4 Å². The van der Waals surface area contributed by atoms with E-state index in [9.17, 15) is 0 Å². The van der Waals surface area contributed by atoms with E-state index in [1.165, 1.54) is 131 Å². The molecule has 2 aliphatic carbocycles. The fraction of sp³-hybridized carbons (Fsp3) is 0.400. The molecule has 322 valence electrons. The topological polar surface area (TPSA) is 11.4 Å². The van der Waals surface area contributed by atoms with Crippen molar-refractivity contribution in [1.29, 1.82) is 0 Å². The molecule has 3 nitrogen and oxygen atoms in total. The molecule has 4 atom stereocenters. The summed E-state index contributed by atoms with van der Waals surface area (Å²) in [5, 5.41) is 2.76. The van der Waals surface area contributed by atoms with Crippen molar-refractivity contribution in [3.8, 4) is 5.69 Å². The Morgan fingerprint density at radius 2 is 1.31 bits per heavy atom. The average Bonchev–Trinajstić information content (AvgIpc) is 3.77. The first kappa shape index (κ1) is 39.2. The van der Waals surface area contributed by atoms with Gasteiger partial charge in [0.1, 0.15) is 0 Å². The molecule has 0 radical (unpaired) electrons. The second kappa shape index (κ2) is 12.0. The smallest absolute Gasteiger partial charge is 0.252 e. The maximum Gasteiger partial charge on any atom is 0.252 e. The average molecular weight is 838 g/mol. The molecule has 0 bridgehead atoms. The Morgan fingerprint density at radius 1 is 0.594 bits per heavy atom. The van der Waals surface area contributed by atoms with E-state index >= 15 is 0 Å². The van der Waals surface area contributed by atoms with Crippen molar-refractivity contribution in [2.45, 2.75) is 154 Å². The molecule has 0 spiro atoms. The summed E-state index contributed by atoms with van der Waals surface area (Å²) in [5.41, 5.74) is 25.4. The van der Waals surface area contributed by atoms with Crippen LogP contribution < -0.4 is 26.2 Å². The van der Waals surface area contributed by atoms with Crippen LogP contribution in [-0.2, 0) is 33.6 Å². The van der Waals surface area contributed by atoms with Crippen LogP contribution in [0.15, 0.2) is 97.1 Å². The highest BCUT2D eigenvalue weighted by Gasteiger charge is 2.64. The van der Waals surface area contributed by atoms with Crippen LogP contribution >= 0.6 is 0 Å². The van der Waals surface area contributed by atoms with Gasteiger partial charge in [-0.25, -0.2) is 0 Å². The number of hydrogen-bond donors (Lipinski definition) is 0. The molecular weight excluding hydrogens is 773 g/mol. The minimum atomic E-state index is -0.291. The van der Waals surface area contributed by atoms with E-state index in [4.69, 9.17) is 0 Å². The third-order valence-electron chi connectivity index (χ3n) is 18.8. The van der Waals surface area contributed by atoms with Crippen LogP contribution in [0.4, 0.5) is 22.7 Å². The quantitative estimate of drug-likeness (QED) is 0.153. The van der Waals surface area contributed by atoms with Crippen molar-refractivity contribution in [3.63, 3.8) is 0 Å². The summed E-state index contributed by atoms with van der Waals surface area (Å²) in [4.78, 5) is 5.79. The van der Waals surface area contributed by atoms with E-state index in [1.54, 1.807) is 5.56 Å². The van der Waals surface area contributed by atoms with Crippen molar-refractivity contribution in [3.05, 3.63) is 142 Å². The van der Waals surface area contributed by atoms with Gasteiger partial charge in [-0.3, -0.25) is 0 Å². The first-order valence-electron chi connectivity index (χ1n) is 24.6. The van der Waals surface area contributed by atoms with Gasteiger partial charge in [-0.15, -0.1) is 0 Å². The predicted molar refractivity (Wildman–Crippen MR) is 273 cm³/mol. The molecule has 0 saturated heterocycles. The second-order valence-electron chi connectivity index (χ2n) is 24.1. The SMILES string of the molecule is Cc1cc(C)c2c(c1)N(c1cc3c4c(c1)-n1c5ccc(C(C)(C)C)cc5c5cc(C(C)(C)C)cc(c51)B4c1cccc4c1N3C1(C)c3ccccc3CCC41C)C1(C)CCCCC21C. The highest BCUT2D eigenvalue weighted by atomic mass is 15.3. The Bertz CT molecular complexity index is 3260. The summed E-state index contributed by atoms with van der Waals surface area (Å²) in [6, 6.07) is 39.8. The van der Waals surface area contributed by atoms with Gasteiger partial charge in [-0.2, -0.15) is 0 Å². The molecule has 6 aromatic carbocycles. The molecule has 6 aliphatic rings. The van der Waals surface area contributed by atoms with Gasteiger partial charge in [0.05, 0.1) is 16.6 Å². The maximum atomic E-state index is 2.91. The molecule has 7 aromatic rings. The van der Waals surface area contributed by atoms with Gasteiger partial charge >= 0.3 is 0 Å². The van der Waals surface area contributed by atoms with Gasteiger partial charge in [0, 0.05) is 55.6 Å². The van der Waals surface area contributed by atoms with E-state index < -0.39 is 0 Å². The maximum absolute atomic E-state index is 2.91. The number of para-hydroxylation sites is 1. The van der Waals surface area contributed by atoms with E-state index in [-0.39, 0.29) is 39.5 Å². The Hall–Kier alpha value is -5.22. The van der Waals surface area contributed by atoms with Crippen molar-refractivity contribution >= 4 is 67.7 Å². The monoisotopic (exact) mass is 838 g/mol. The van der Waals surface area contributed by atoms with Crippen LogP contribution in [0.3, 0.4) is 0 Å². The summed E-state index contributed by atoms with van der Waals surface area (Å²) in [6.45, 7) is 29.5. The lowest BCUT2D eigenvalue weighted by atomic mass is 9.33. The van der Waals surface area contributed by atoms with Gasteiger partial charge in [0.15, 0.2) is 0 Å². The number of aromatic nitrogens is 1. The summed E-state index contributed by atoms with van der Waals surface area (Å²) < 4.78 is 2.74. The lowest BCUT2D eigenvalue weighted by Crippen LogP contribution is -2.63. The number of fused-ring (bicyclic) bond motifs is 15. The molecule has 1 saturated carbocycles. The molecule has 5 heterocycles. The molecule has 1 fully saturated rings. The summed E-state index contributed by atoms with van der Waals surface area (Å²) >= 11 is 0. The largest absolute Gasteiger partial charge is 0.334 e.